The zero-order chi connectivity index (χ0) is 26.3. The lowest BCUT2D eigenvalue weighted by atomic mass is 10.0. The van der Waals surface area contributed by atoms with E-state index in [0.717, 1.165) is 33.9 Å². The van der Waals surface area contributed by atoms with Crippen LogP contribution >= 0.6 is 11.8 Å². The molecule has 38 heavy (non-hydrogen) atoms. The predicted molar refractivity (Wildman–Crippen MR) is 151 cm³/mol. The minimum atomic E-state index is 0.0295. The molecular formula is C31H27N3O3S. The van der Waals surface area contributed by atoms with Gasteiger partial charge >= 0.3 is 0 Å². The van der Waals surface area contributed by atoms with E-state index in [1.165, 1.54) is 11.8 Å². The molecule has 0 fully saturated rings. The molecule has 0 N–H and O–H groups in total. The number of aromatic nitrogens is 3. The van der Waals surface area contributed by atoms with Crippen molar-refractivity contribution in [3.05, 3.63) is 109 Å². The van der Waals surface area contributed by atoms with Crippen molar-refractivity contribution in [1.29, 1.82) is 0 Å². The lowest BCUT2D eigenvalue weighted by molar-refractivity contribution is 0.102. The van der Waals surface area contributed by atoms with Crippen LogP contribution in [0.15, 0.2) is 108 Å². The second-order valence-corrected chi connectivity index (χ2v) is 9.39. The highest BCUT2D eigenvalue weighted by Crippen LogP contribution is 2.30. The van der Waals surface area contributed by atoms with Crippen LogP contribution in [0.1, 0.15) is 17.3 Å². The molecule has 0 aliphatic rings. The predicted octanol–water partition coefficient (Wildman–Crippen LogP) is 6.98. The van der Waals surface area contributed by atoms with Crippen LogP contribution in [-0.4, -0.2) is 40.0 Å². The highest BCUT2D eigenvalue weighted by Gasteiger charge is 2.18. The first-order chi connectivity index (χ1) is 18.7. The summed E-state index contributed by atoms with van der Waals surface area (Å²) in [6.07, 6.45) is 0. The number of nitrogens with zero attached hydrogens (tertiary/aromatic N) is 3. The molecule has 7 heteroatoms. The average molecular weight is 522 g/mol. The summed E-state index contributed by atoms with van der Waals surface area (Å²) >= 11 is 1.37. The van der Waals surface area contributed by atoms with Gasteiger partial charge in [-0.25, -0.2) is 0 Å². The number of benzene rings is 4. The molecule has 1 heterocycles. The number of carbonyl (C=O) groups excluding carboxylic acids is 1. The number of carbonyl (C=O) groups is 1. The molecule has 0 spiro atoms. The van der Waals surface area contributed by atoms with Gasteiger partial charge in [-0.1, -0.05) is 66.4 Å². The average Bonchev–Trinajstić information content (AvgIpc) is 3.41. The van der Waals surface area contributed by atoms with Crippen molar-refractivity contribution in [1.82, 2.24) is 14.8 Å². The fraction of sp³-hybridized carbons (Fsp3) is 0.129. The summed E-state index contributed by atoms with van der Waals surface area (Å²) in [5.74, 6) is 2.50. The highest BCUT2D eigenvalue weighted by molar-refractivity contribution is 7.99. The summed E-state index contributed by atoms with van der Waals surface area (Å²) in [5, 5.41) is 9.57. The first-order valence-corrected chi connectivity index (χ1v) is 13.3. The molecule has 5 aromatic rings. The number of hydrogen-bond acceptors (Lipinski definition) is 6. The van der Waals surface area contributed by atoms with Crippen LogP contribution in [0, 0.1) is 0 Å². The van der Waals surface area contributed by atoms with E-state index in [-0.39, 0.29) is 11.5 Å². The second kappa shape index (κ2) is 11.8. The monoisotopic (exact) mass is 521 g/mol. The van der Waals surface area contributed by atoms with Gasteiger partial charge in [0, 0.05) is 16.8 Å². The first-order valence-electron chi connectivity index (χ1n) is 12.3. The summed E-state index contributed by atoms with van der Waals surface area (Å²) in [5.41, 5.74) is 4.64. The maximum atomic E-state index is 13.1. The minimum Gasteiger partial charge on any atom is -0.497 e. The number of ketones is 1. The molecule has 0 unspecified atom stereocenters. The van der Waals surface area contributed by atoms with Gasteiger partial charge in [0.2, 0.25) is 0 Å². The third-order valence-corrected chi connectivity index (χ3v) is 6.96. The van der Waals surface area contributed by atoms with E-state index in [4.69, 9.17) is 9.47 Å². The van der Waals surface area contributed by atoms with E-state index in [9.17, 15) is 4.79 Å². The summed E-state index contributed by atoms with van der Waals surface area (Å²) < 4.78 is 12.9. The summed E-state index contributed by atoms with van der Waals surface area (Å²) in [6, 6.07) is 33.3. The van der Waals surface area contributed by atoms with Crippen LogP contribution < -0.4 is 9.47 Å². The van der Waals surface area contributed by atoms with Crippen molar-refractivity contribution >= 4 is 17.5 Å². The highest BCUT2D eigenvalue weighted by atomic mass is 32.2. The maximum absolute atomic E-state index is 13.1. The lowest BCUT2D eigenvalue weighted by Crippen LogP contribution is -2.05. The van der Waals surface area contributed by atoms with Gasteiger partial charge in [0.25, 0.3) is 0 Å². The smallest absolute Gasteiger partial charge is 0.196 e. The standard InChI is InChI=1S/C31H27N3O3S/c1-3-37-28-19-15-26(16-20-28)34-30(25-13-17-27(36-2)18-14-25)32-33-31(34)38-21-29(35)24-11-9-23(10-12-24)22-7-5-4-6-8-22/h4-20H,3,21H2,1-2H3. The van der Waals surface area contributed by atoms with Gasteiger partial charge in [0.05, 0.1) is 19.5 Å². The zero-order valence-corrected chi connectivity index (χ0v) is 22.0. The fourth-order valence-corrected chi connectivity index (χ4v) is 4.92. The number of rotatable bonds is 10. The largest absolute Gasteiger partial charge is 0.497 e. The van der Waals surface area contributed by atoms with E-state index < -0.39 is 0 Å². The third kappa shape index (κ3) is 5.63. The third-order valence-electron chi connectivity index (χ3n) is 6.03. The molecule has 1 aromatic heterocycles. The zero-order valence-electron chi connectivity index (χ0n) is 21.2. The molecule has 6 nitrogen and oxygen atoms in total. The molecule has 0 amide bonds. The quantitative estimate of drug-likeness (QED) is 0.146. The summed E-state index contributed by atoms with van der Waals surface area (Å²) in [4.78, 5) is 13.1. The summed E-state index contributed by atoms with van der Waals surface area (Å²) in [6.45, 7) is 2.55. The number of methoxy groups -OCH3 is 1. The van der Waals surface area contributed by atoms with Gasteiger partial charge in [-0.15, -0.1) is 10.2 Å². The lowest BCUT2D eigenvalue weighted by Gasteiger charge is -2.12. The molecule has 0 saturated heterocycles. The molecule has 190 valence electrons. The van der Waals surface area contributed by atoms with Crippen LogP contribution in [0.3, 0.4) is 0 Å². The minimum absolute atomic E-state index is 0.0295. The molecule has 0 saturated carbocycles. The second-order valence-electron chi connectivity index (χ2n) is 8.45. The van der Waals surface area contributed by atoms with Crippen molar-refractivity contribution < 1.29 is 14.3 Å². The Morgan fingerprint density at radius 2 is 1.39 bits per heavy atom. The van der Waals surface area contributed by atoms with Crippen molar-refractivity contribution in [3.8, 4) is 39.7 Å². The van der Waals surface area contributed by atoms with Crippen LogP contribution in [0.4, 0.5) is 0 Å². The van der Waals surface area contributed by atoms with Gasteiger partial charge in [0.1, 0.15) is 11.5 Å². The van der Waals surface area contributed by atoms with Crippen LogP contribution in [0.5, 0.6) is 11.5 Å². The molecule has 4 aromatic carbocycles. The Balaban J connectivity index is 1.39. The van der Waals surface area contributed by atoms with Crippen LogP contribution in [0.25, 0.3) is 28.2 Å². The van der Waals surface area contributed by atoms with E-state index in [1.807, 2.05) is 102 Å². The molecule has 0 atom stereocenters. The number of hydrogen-bond donors (Lipinski definition) is 0. The van der Waals surface area contributed by atoms with Crippen molar-refractivity contribution in [2.24, 2.45) is 0 Å². The van der Waals surface area contributed by atoms with Gasteiger partial charge in [-0.05, 0) is 66.6 Å². The molecule has 0 radical (unpaired) electrons. The van der Waals surface area contributed by atoms with Gasteiger partial charge in [0.15, 0.2) is 16.8 Å². The normalized spacial score (nSPS) is 10.8. The molecule has 5 rings (SSSR count). The maximum Gasteiger partial charge on any atom is 0.196 e. The number of Topliss-reactive ketones (excluding diaryl/α,β-unsaturated/α-hetero) is 1. The topological polar surface area (TPSA) is 66.2 Å². The van der Waals surface area contributed by atoms with Gasteiger partial charge < -0.3 is 9.47 Å². The Morgan fingerprint density at radius 1 is 0.763 bits per heavy atom. The van der Waals surface area contributed by atoms with Crippen molar-refractivity contribution in [2.75, 3.05) is 19.5 Å². The van der Waals surface area contributed by atoms with Crippen LogP contribution in [-0.2, 0) is 0 Å². The first kappa shape index (κ1) is 25.3. The fourth-order valence-electron chi connectivity index (χ4n) is 4.07. The van der Waals surface area contributed by atoms with E-state index in [1.54, 1.807) is 7.11 Å². The summed E-state index contributed by atoms with van der Waals surface area (Å²) in [7, 11) is 1.64. The van der Waals surface area contributed by atoms with Crippen molar-refractivity contribution in [3.63, 3.8) is 0 Å². The van der Waals surface area contributed by atoms with E-state index >= 15 is 0 Å². The Labute approximate surface area is 226 Å². The molecule has 0 bridgehead atoms. The van der Waals surface area contributed by atoms with Crippen LogP contribution in [0.2, 0.25) is 0 Å². The molecular weight excluding hydrogens is 494 g/mol. The Kier molecular flexibility index (Phi) is 7.85. The Hall–Kier alpha value is -4.36. The van der Waals surface area contributed by atoms with Crippen molar-refractivity contribution in [2.45, 2.75) is 12.1 Å². The Bertz CT molecular complexity index is 1500. The molecule has 0 aliphatic carbocycles. The van der Waals surface area contributed by atoms with E-state index in [2.05, 4.69) is 22.3 Å². The molecule has 0 aliphatic heterocycles. The Morgan fingerprint density at radius 3 is 2.05 bits per heavy atom. The van der Waals surface area contributed by atoms with E-state index in [0.29, 0.717) is 23.2 Å². The SMILES string of the molecule is CCOc1ccc(-n2c(SCC(=O)c3ccc(-c4ccccc4)cc3)nnc2-c2ccc(OC)cc2)cc1. The van der Waals surface area contributed by atoms with Gasteiger partial charge in [-0.2, -0.15) is 0 Å². The van der Waals surface area contributed by atoms with Gasteiger partial charge in [-0.3, -0.25) is 9.36 Å². The number of thioether (sulfide) groups is 1. The number of ether oxygens (including phenoxy) is 2.